The van der Waals surface area contributed by atoms with Gasteiger partial charge >= 0.3 is 11.9 Å². The van der Waals surface area contributed by atoms with E-state index in [0.717, 1.165) is 11.1 Å². The summed E-state index contributed by atoms with van der Waals surface area (Å²) in [5.41, 5.74) is 2.64. The number of hydrogen-bond acceptors (Lipinski definition) is 11. The van der Waals surface area contributed by atoms with E-state index < -0.39 is 18.0 Å². The van der Waals surface area contributed by atoms with Crippen molar-refractivity contribution >= 4 is 29.4 Å². The number of ether oxygens (including phenoxy) is 6. The summed E-state index contributed by atoms with van der Waals surface area (Å²) in [5, 5.41) is 0. The van der Waals surface area contributed by atoms with Gasteiger partial charge in [-0.3, -0.25) is 9.36 Å². The van der Waals surface area contributed by atoms with E-state index in [4.69, 9.17) is 23.7 Å². The number of aromatic nitrogens is 1. The molecule has 11 nitrogen and oxygen atoms in total. The molecule has 2 heterocycles. The fourth-order valence-electron chi connectivity index (χ4n) is 5.27. The zero-order chi connectivity index (χ0) is 34.9. The largest absolute Gasteiger partial charge is 0.490 e. The van der Waals surface area contributed by atoms with E-state index in [-0.39, 0.29) is 24.3 Å². The molecule has 0 aliphatic carbocycles. The van der Waals surface area contributed by atoms with Crippen LogP contribution in [0.2, 0.25) is 0 Å². The second kappa shape index (κ2) is 16.2. The van der Waals surface area contributed by atoms with Gasteiger partial charge in [0.1, 0.15) is 6.61 Å². The third-order valence-electron chi connectivity index (χ3n) is 7.48. The third kappa shape index (κ3) is 8.03. The molecule has 0 bridgehead atoms. The Morgan fingerprint density at radius 3 is 2.24 bits per heavy atom. The molecule has 1 aliphatic heterocycles. The van der Waals surface area contributed by atoms with Crippen molar-refractivity contribution in [2.75, 3.05) is 33.5 Å². The average Bonchev–Trinajstić information content (AvgIpc) is 3.40. The first-order chi connectivity index (χ1) is 23.8. The highest BCUT2D eigenvalue weighted by Gasteiger charge is 2.34. The van der Waals surface area contributed by atoms with Gasteiger partial charge in [-0.25, -0.2) is 14.6 Å². The van der Waals surface area contributed by atoms with Crippen LogP contribution < -0.4 is 33.8 Å². The fourth-order valence-corrected chi connectivity index (χ4v) is 6.32. The van der Waals surface area contributed by atoms with E-state index >= 15 is 0 Å². The molecule has 12 heteroatoms. The maximum Gasteiger partial charge on any atom is 0.343 e. The summed E-state index contributed by atoms with van der Waals surface area (Å²) >= 11 is 1.21. The summed E-state index contributed by atoms with van der Waals surface area (Å²) in [5.74, 6) is 0.647. The summed E-state index contributed by atoms with van der Waals surface area (Å²) in [4.78, 5) is 44.4. The van der Waals surface area contributed by atoms with Crippen molar-refractivity contribution in [3.05, 3.63) is 114 Å². The van der Waals surface area contributed by atoms with Crippen molar-refractivity contribution in [2.45, 2.75) is 40.3 Å². The van der Waals surface area contributed by atoms with Crippen LogP contribution in [0.25, 0.3) is 6.08 Å². The van der Waals surface area contributed by atoms with Gasteiger partial charge in [0.2, 0.25) is 0 Å². The zero-order valence-corrected chi connectivity index (χ0v) is 28.8. The topological polar surface area (TPSA) is 124 Å². The van der Waals surface area contributed by atoms with E-state index in [9.17, 15) is 14.4 Å². The SMILES string of the molecule is CCOC(=O)C1=C(C)N=c2s/c(=C\c3ccc(OCc4ccccc4)c(OCC)c3)c(=O)n2[C@H]1c1ccc(OCC(=O)OC)c(OCC)c1. The van der Waals surface area contributed by atoms with E-state index in [1.807, 2.05) is 62.4 Å². The Labute approximate surface area is 287 Å². The van der Waals surface area contributed by atoms with Crippen LogP contribution in [0.5, 0.6) is 23.0 Å². The number of hydrogen-bond donors (Lipinski definition) is 0. The molecular formula is C37H38N2O9S. The Kier molecular flexibility index (Phi) is 11.5. The van der Waals surface area contributed by atoms with Crippen LogP contribution in [0.1, 0.15) is 50.4 Å². The highest BCUT2D eigenvalue weighted by atomic mass is 32.1. The minimum atomic E-state index is -0.876. The van der Waals surface area contributed by atoms with Crippen molar-refractivity contribution in [3.63, 3.8) is 0 Å². The van der Waals surface area contributed by atoms with Crippen LogP contribution in [0.15, 0.2) is 87.8 Å². The summed E-state index contributed by atoms with van der Waals surface area (Å²) in [7, 11) is 1.27. The van der Waals surface area contributed by atoms with Gasteiger partial charge in [-0.05, 0) is 74.7 Å². The Bertz CT molecular complexity index is 2030. The Morgan fingerprint density at radius 1 is 0.857 bits per heavy atom. The Morgan fingerprint density at radius 2 is 1.55 bits per heavy atom. The van der Waals surface area contributed by atoms with Gasteiger partial charge in [-0.2, -0.15) is 0 Å². The number of fused-ring (bicyclic) bond motifs is 1. The Hall–Kier alpha value is -5.36. The van der Waals surface area contributed by atoms with Crippen molar-refractivity contribution in [3.8, 4) is 23.0 Å². The van der Waals surface area contributed by atoms with Crippen LogP contribution in [-0.4, -0.2) is 50.0 Å². The van der Waals surface area contributed by atoms with Gasteiger partial charge in [-0.1, -0.05) is 53.8 Å². The molecule has 4 aromatic rings. The number of nitrogens with zero attached hydrogens (tertiary/aromatic N) is 2. The molecule has 5 rings (SSSR count). The summed E-state index contributed by atoms with van der Waals surface area (Å²) < 4.78 is 35.5. The van der Waals surface area contributed by atoms with E-state index in [2.05, 4.69) is 9.73 Å². The lowest BCUT2D eigenvalue weighted by Crippen LogP contribution is -2.40. The number of benzene rings is 3. The molecule has 3 aromatic carbocycles. The van der Waals surface area contributed by atoms with Crippen LogP contribution >= 0.6 is 11.3 Å². The van der Waals surface area contributed by atoms with Gasteiger partial charge in [-0.15, -0.1) is 0 Å². The van der Waals surface area contributed by atoms with Gasteiger partial charge in [0.05, 0.1) is 48.8 Å². The van der Waals surface area contributed by atoms with Crippen molar-refractivity contribution < 1.29 is 38.0 Å². The maximum atomic E-state index is 14.2. The summed E-state index contributed by atoms with van der Waals surface area (Å²) in [6, 6.07) is 19.5. The molecule has 0 amide bonds. The predicted molar refractivity (Wildman–Crippen MR) is 184 cm³/mol. The lowest BCUT2D eigenvalue weighted by atomic mass is 9.95. The second-order valence-corrected chi connectivity index (χ2v) is 11.7. The molecule has 0 saturated carbocycles. The predicted octanol–water partition coefficient (Wildman–Crippen LogP) is 4.73. The molecule has 1 aromatic heterocycles. The average molecular weight is 687 g/mol. The fraction of sp³-hybridized carbons (Fsp3) is 0.297. The molecule has 256 valence electrons. The summed E-state index contributed by atoms with van der Waals surface area (Å²) in [6.07, 6.45) is 1.77. The normalized spacial score (nSPS) is 14.1. The highest BCUT2D eigenvalue weighted by Crippen LogP contribution is 2.36. The number of thiazole rings is 1. The lowest BCUT2D eigenvalue weighted by Gasteiger charge is -2.25. The first-order valence-electron chi connectivity index (χ1n) is 15.9. The van der Waals surface area contributed by atoms with Crippen LogP contribution in [0.4, 0.5) is 0 Å². The number of rotatable bonds is 14. The first-order valence-corrected chi connectivity index (χ1v) is 16.7. The molecule has 1 aliphatic rings. The lowest BCUT2D eigenvalue weighted by molar-refractivity contribution is -0.143. The van der Waals surface area contributed by atoms with Crippen molar-refractivity contribution in [1.29, 1.82) is 0 Å². The number of esters is 2. The van der Waals surface area contributed by atoms with E-state index in [1.165, 1.54) is 23.0 Å². The van der Waals surface area contributed by atoms with E-state index in [0.29, 0.717) is 63.4 Å². The monoisotopic (exact) mass is 686 g/mol. The molecule has 1 atom stereocenters. The molecule has 0 fully saturated rings. The van der Waals surface area contributed by atoms with E-state index in [1.54, 1.807) is 38.1 Å². The van der Waals surface area contributed by atoms with Crippen LogP contribution in [-0.2, 0) is 25.7 Å². The number of methoxy groups -OCH3 is 1. The molecule has 0 spiro atoms. The van der Waals surface area contributed by atoms with Gasteiger partial charge in [0.15, 0.2) is 34.4 Å². The number of allylic oxidation sites excluding steroid dienone is 1. The highest BCUT2D eigenvalue weighted by molar-refractivity contribution is 7.07. The third-order valence-corrected chi connectivity index (χ3v) is 8.46. The number of carbonyl (C=O) groups excluding carboxylic acids is 2. The molecule has 0 radical (unpaired) electrons. The molecule has 49 heavy (non-hydrogen) atoms. The zero-order valence-electron chi connectivity index (χ0n) is 28.0. The number of carbonyl (C=O) groups is 2. The van der Waals surface area contributed by atoms with Crippen molar-refractivity contribution in [2.24, 2.45) is 4.99 Å². The van der Waals surface area contributed by atoms with Gasteiger partial charge in [0.25, 0.3) is 5.56 Å². The Balaban J connectivity index is 1.58. The first kappa shape index (κ1) is 35.0. The minimum Gasteiger partial charge on any atom is -0.490 e. The smallest absolute Gasteiger partial charge is 0.343 e. The quantitative estimate of drug-likeness (QED) is 0.173. The standard InChI is InChI=1S/C37H38N2O9S/c1-6-44-29-18-25(14-16-27(29)47-21-24-12-10-9-11-13-24)19-31-35(41)39-34(33(36(42)46-8-3)23(4)38-37(39)49-31)26-15-17-28(30(20-26)45-7-2)48-22-32(40)43-5/h9-20,34H,6-8,21-22H2,1-5H3/b31-19-/t34-/m0/s1. The molecule has 0 N–H and O–H groups in total. The summed E-state index contributed by atoms with van der Waals surface area (Å²) in [6.45, 7) is 8.08. The minimum absolute atomic E-state index is 0.143. The van der Waals surface area contributed by atoms with Crippen LogP contribution in [0.3, 0.4) is 0 Å². The maximum absolute atomic E-state index is 14.2. The van der Waals surface area contributed by atoms with Crippen LogP contribution in [0, 0.1) is 0 Å². The molecule has 0 unspecified atom stereocenters. The van der Waals surface area contributed by atoms with Gasteiger partial charge in [0, 0.05) is 0 Å². The van der Waals surface area contributed by atoms with Crippen molar-refractivity contribution in [1.82, 2.24) is 4.57 Å². The second-order valence-electron chi connectivity index (χ2n) is 10.7. The molecular weight excluding hydrogens is 648 g/mol. The molecule has 0 saturated heterocycles. The van der Waals surface area contributed by atoms with Gasteiger partial charge < -0.3 is 28.4 Å².